The third-order valence-corrected chi connectivity index (χ3v) is 5.25. The van der Waals surface area contributed by atoms with Crippen molar-refractivity contribution in [1.29, 1.82) is 0 Å². The van der Waals surface area contributed by atoms with Crippen molar-refractivity contribution in [3.05, 3.63) is 23.8 Å². The summed E-state index contributed by atoms with van der Waals surface area (Å²) in [5, 5.41) is 0. The summed E-state index contributed by atoms with van der Waals surface area (Å²) in [5.74, 6) is 0.537. The normalized spacial score (nSPS) is 17.5. The number of Topliss-reactive ketones (excluding diaryl/α,β-unsaturated/α-hetero) is 1. The highest BCUT2D eigenvalue weighted by Gasteiger charge is 2.27. The molecule has 3 rings (SSSR count). The number of anilines is 1. The number of carbonyl (C=O) groups excluding carboxylic acids is 3. The highest BCUT2D eigenvalue weighted by atomic mass is 16.5. The summed E-state index contributed by atoms with van der Waals surface area (Å²) >= 11 is 0. The number of rotatable bonds is 6. The molecular formula is C20H27N3O4. The van der Waals surface area contributed by atoms with Crippen molar-refractivity contribution < 1.29 is 19.1 Å². The van der Waals surface area contributed by atoms with Crippen molar-refractivity contribution in [2.24, 2.45) is 0 Å². The predicted molar refractivity (Wildman–Crippen MR) is 102 cm³/mol. The predicted octanol–water partition coefficient (Wildman–Crippen LogP) is 1.56. The van der Waals surface area contributed by atoms with Crippen LogP contribution in [-0.2, 0) is 9.59 Å². The molecule has 2 amide bonds. The van der Waals surface area contributed by atoms with Gasteiger partial charge in [0.1, 0.15) is 5.75 Å². The molecule has 0 atom stereocenters. The van der Waals surface area contributed by atoms with Crippen LogP contribution < -0.4 is 9.64 Å². The van der Waals surface area contributed by atoms with Gasteiger partial charge in [0.2, 0.25) is 5.91 Å². The summed E-state index contributed by atoms with van der Waals surface area (Å²) in [4.78, 5) is 42.3. The van der Waals surface area contributed by atoms with Crippen molar-refractivity contribution in [2.45, 2.75) is 26.7 Å². The van der Waals surface area contributed by atoms with Gasteiger partial charge in [-0.25, -0.2) is 0 Å². The van der Waals surface area contributed by atoms with E-state index in [0.717, 1.165) is 32.7 Å². The molecule has 7 nitrogen and oxygen atoms in total. The second-order valence-corrected chi connectivity index (χ2v) is 6.99. The summed E-state index contributed by atoms with van der Waals surface area (Å²) in [7, 11) is 0. The molecule has 7 heteroatoms. The average molecular weight is 373 g/mol. The van der Waals surface area contributed by atoms with Crippen molar-refractivity contribution in [1.82, 2.24) is 9.80 Å². The average Bonchev–Trinajstić information content (AvgIpc) is 2.69. The Morgan fingerprint density at radius 1 is 1.15 bits per heavy atom. The molecule has 0 aliphatic carbocycles. The number of ether oxygens (including phenoxy) is 1. The van der Waals surface area contributed by atoms with Crippen molar-refractivity contribution in [3.63, 3.8) is 0 Å². The minimum absolute atomic E-state index is 0.0145. The monoisotopic (exact) mass is 373 g/mol. The molecule has 2 aliphatic heterocycles. The van der Waals surface area contributed by atoms with Gasteiger partial charge in [0.25, 0.3) is 5.91 Å². The van der Waals surface area contributed by atoms with Crippen LogP contribution in [0.3, 0.4) is 0 Å². The van der Waals surface area contributed by atoms with E-state index in [-0.39, 0.29) is 24.2 Å². The van der Waals surface area contributed by atoms with Crippen LogP contribution in [0.2, 0.25) is 0 Å². The summed E-state index contributed by atoms with van der Waals surface area (Å²) in [6, 6.07) is 5.12. The van der Waals surface area contributed by atoms with E-state index in [1.54, 1.807) is 23.1 Å². The minimum atomic E-state index is -0.146. The SMILES string of the molecule is CCN1CCN(C(=O)CCCN2C(=O)COc3ccc(C(C)=O)cc32)CC1. The number of ketones is 1. The van der Waals surface area contributed by atoms with E-state index in [1.807, 2.05) is 4.90 Å². The second-order valence-electron chi connectivity index (χ2n) is 6.99. The lowest BCUT2D eigenvalue weighted by molar-refractivity contribution is -0.133. The second kappa shape index (κ2) is 8.52. The Labute approximate surface area is 159 Å². The number of benzene rings is 1. The third-order valence-electron chi connectivity index (χ3n) is 5.25. The van der Waals surface area contributed by atoms with E-state index < -0.39 is 0 Å². The Hall–Kier alpha value is -2.41. The zero-order chi connectivity index (χ0) is 19.4. The van der Waals surface area contributed by atoms with Crippen LogP contribution in [0.15, 0.2) is 18.2 Å². The molecule has 2 heterocycles. The first-order valence-corrected chi connectivity index (χ1v) is 9.58. The number of hydrogen-bond acceptors (Lipinski definition) is 5. The van der Waals surface area contributed by atoms with Gasteiger partial charge in [0.15, 0.2) is 12.4 Å². The molecule has 0 bridgehead atoms. The van der Waals surface area contributed by atoms with Crippen molar-refractivity contribution in [2.75, 3.05) is 50.8 Å². The standard InChI is InChI=1S/C20H27N3O4/c1-3-21-9-11-22(12-10-21)19(25)5-4-8-23-17-13-16(15(2)24)6-7-18(17)27-14-20(23)26/h6-7,13H,3-5,8-12,14H2,1-2H3. The molecular weight excluding hydrogens is 346 g/mol. The minimum Gasteiger partial charge on any atom is -0.482 e. The van der Waals surface area contributed by atoms with E-state index >= 15 is 0 Å². The first-order chi connectivity index (χ1) is 13.0. The maximum Gasteiger partial charge on any atom is 0.265 e. The molecule has 0 saturated carbocycles. The first-order valence-electron chi connectivity index (χ1n) is 9.58. The van der Waals surface area contributed by atoms with Gasteiger partial charge >= 0.3 is 0 Å². The number of amides is 2. The number of nitrogens with zero attached hydrogens (tertiary/aromatic N) is 3. The van der Waals surface area contributed by atoms with Crippen LogP contribution in [0.25, 0.3) is 0 Å². The van der Waals surface area contributed by atoms with Crippen LogP contribution in [0, 0.1) is 0 Å². The molecule has 0 unspecified atom stereocenters. The fourth-order valence-corrected chi connectivity index (χ4v) is 3.53. The van der Waals surface area contributed by atoms with Gasteiger partial charge < -0.3 is 19.4 Å². The van der Waals surface area contributed by atoms with Gasteiger partial charge in [0.05, 0.1) is 5.69 Å². The fraction of sp³-hybridized carbons (Fsp3) is 0.550. The quantitative estimate of drug-likeness (QED) is 0.708. The Morgan fingerprint density at radius 2 is 1.89 bits per heavy atom. The number of likely N-dealkylation sites (N-methyl/N-ethyl adjacent to an activating group) is 1. The molecule has 0 N–H and O–H groups in total. The van der Waals surface area contributed by atoms with Gasteiger partial charge in [-0.05, 0) is 38.1 Å². The van der Waals surface area contributed by atoms with Crippen molar-refractivity contribution in [3.8, 4) is 5.75 Å². The van der Waals surface area contributed by atoms with E-state index in [4.69, 9.17) is 4.74 Å². The molecule has 1 aromatic rings. The van der Waals surface area contributed by atoms with Gasteiger partial charge in [-0.3, -0.25) is 14.4 Å². The smallest absolute Gasteiger partial charge is 0.265 e. The number of piperazine rings is 1. The lowest BCUT2D eigenvalue weighted by atomic mass is 10.1. The van der Waals surface area contributed by atoms with Crippen LogP contribution >= 0.6 is 0 Å². The molecule has 2 aliphatic rings. The van der Waals surface area contributed by atoms with E-state index in [2.05, 4.69) is 11.8 Å². The summed E-state index contributed by atoms with van der Waals surface area (Å²) in [6.07, 6.45) is 1.00. The highest BCUT2D eigenvalue weighted by molar-refractivity contribution is 6.01. The Morgan fingerprint density at radius 3 is 2.56 bits per heavy atom. The van der Waals surface area contributed by atoms with Gasteiger partial charge in [-0.1, -0.05) is 6.92 Å². The lowest BCUT2D eigenvalue weighted by Gasteiger charge is -2.34. The van der Waals surface area contributed by atoms with Gasteiger partial charge in [0, 0.05) is 44.7 Å². The molecule has 27 heavy (non-hydrogen) atoms. The fourth-order valence-electron chi connectivity index (χ4n) is 3.53. The Kier molecular flexibility index (Phi) is 6.11. The summed E-state index contributed by atoms with van der Waals surface area (Å²) in [5.41, 5.74) is 1.16. The van der Waals surface area contributed by atoms with Crippen LogP contribution in [0.4, 0.5) is 5.69 Å². The Bertz CT molecular complexity index is 726. The maximum absolute atomic E-state index is 12.4. The van der Waals surface area contributed by atoms with Gasteiger partial charge in [-0.2, -0.15) is 0 Å². The molecule has 1 fully saturated rings. The Balaban J connectivity index is 1.58. The molecule has 1 aromatic carbocycles. The van der Waals surface area contributed by atoms with Crippen LogP contribution in [0.1, 0.15) is 37.0 Å². The number of fused-ring (bicyclic) bond motifs is 1. The van der Waals surface area contributed by atoms with Crippen molar-refractivity contribution >= 4 is 23.3 Å². The molecule has 146 valence electrons. The van der Waals surface area contributed by atoms with E-state index in [0.29, 0.717) is 36.4 Å². The molecule has 0 aromatic heterocycles. The van der Waals surface area contributed by atoms with E-state index in [1.165, 1.54) is 6.92 Å². The zero-order valence-corrected chi connectivity index (χ0v) is 16.1. The number of carbonyl (C=O) groups is 3. The molecule has 1 saturated heterocycles. The zero-order valence-electron chi connectivity index (χ0n) is 16.1. The van der Waals surface area contributed by atoms with Crippen LogP contribution in [-0.4, -0.2) is 73.3 Å². The van der Waals surface area contributed by atoms with Gasteiger partial charge in [-0.15, -0.1) is 0 Å². The largest absolute Gasteiger partial charge is 0.482 e. The topological polar surface area (TPSA) is 70.2 Å². The lowest BCUT2D eigenvalue weighted by Crippen LogP contribution is -2.48. The van der Waals surface area contributed by atoms with Crippen LogP contribution in [0.5, 0.6) is 5.75 Å². The molecule has 0 spiro atoms. The summed E-state index contributed by atoms with van der Waals surface area (Å²) < 4.78 is 5.46. The first kappa shape index (κ1) is 19.4. The number of hydrogen-bond donors (Lipinski definition) is 0. The maximum atomic E-state index is 12.4. The highest BCUT2D eigenvalue weighted by Crippen LogP contribution is 2.33. The molecule has 0 radical (unpaired) electrons. The third kappa shape index (κ3) is 4.47. The summed E-state index contributed by atoms with van der Waals surface area (Å²) in [6.45, 7) is 8.46. The van der Waals surface area contributed by atoms with E-state index in [9.17, 15) is 14.4 Å².